The van der Waals surface area contributed by atoms with Gasteiger partial charge in [-0.05, 0) is 37.7 Å². The molecular formula is C21H35N3O4S. The third kappa shape index (κ3) is 8.06. The lowest BCUT2D eigenvalue weighted by Crippen LogP contribution is -2.42. The number of amides is 1. The SMILES string of the molecule is CC(C)NC1CCC(S(O)(O)NCC(=O)CC(Cc2ccccc2)C(N)=O)CC1. The molecule has 0 saturated heterocycles. The summed E-state index contributed by atoms with van der Waals surface area (Å²) in [7, 11) is -3.06. The molecule has 164 valence electrons. The molecule has 1 saturated carbocycles. The largest absolute Gasteiger partial charge is 0.369 e. The van der Waals surface area contributed by atoms with Crippen LogP contribution in [-0.2, 0) is 16.0 Å². The van der Waals surface area contributed by atoms with Gasteiger partial charge in [0.15, 0.2) is 0 Å². The standard InChI is InChI=1S/C21H35N3O4S/c1-15(2)24-18-8-10-20(11-9-18)29(27,28)23-14-19(25)13-17(21(22)26)12-16-6-4-3-5-7-16/h3-7,15,17-18,20,23-24,27-28H,8-14H2,1-2H3,(H2,22,26). The highest BCUT2D eigenvalue weighted by Crippen LogP contribution is 2.46. The van der Waals surface area contributed by atoms with Crippen LogP contribution >= 0.6 is 10.8 Å². The first-order chi connectivity index (χ1) is 13.7. The van der Waals surface area contributed by atoms with Gasteiger partial charge in [0, 0.05) is 24.4 Å². The Bertz CT molecular complexity index is 661. The van der Waals surface area contributed by atoms with Crippen molar-refractivity contribution in [3.05, 3.63) is 35.9 Å². The van der Waals surface area contributed by atoms with E-state index in [9.17, 15) is 18.7 Å². The lowest BCUT2D eigenvalue weighted by Gasteiger charge is -2.44. The highest BCUT2D eigenvalue weighted by molar-refractivity contribution is 8.23. The lowest BCUT2D eigenvalue weighted by molar-refractivity contribution is -0.126. The number of nitrogens with two attached hydrogens (primary N) is 1. The molecule has 1 amide bonds. The Morgan fingerprint density at radius 2 is 1.76 bits per heavy atom. The minimum atomic E-state index is -3.06. The van der Waals surface area contributed by atoms with Crippen molar-refractivity contribution in [1.29, 1.82) is 0 Å². The summed E-state index contributed by atoms with van der Waals surface area (Å²) in [5.74, 6) is -1.38. The van der Waals surface area contributed by atoms with Gasteiger partial charge in [0.05, 0.1) is 11.8 Å². The van der Waals surface area contributed by atoms with E-state index >= 15 is 0 Å². The molecule has 0 radical (unpaired) electrons. The molecule has 1 fully saturated rings. The maximum Gasteiger partial charge on any atom is 0.221 e. The van der Waals surface area contributed by atoms with Gasteiger partial charge in [-0.1, -0.05) is 44.2 Å². The van der Waals surface area contributed by atoms with Gasteiger partial charge in [-0.25, -0.2) is 4.72 Å². The molecule has 1 aromatic rings. The topological polar surface area (TPSA) is 125 Å². The van der Waals surface area contributed by atoms with E-state index in [2.05, 4.69) is 23.9 Å². The number of nitrogens with one attached hydrogen (secondary N) is 2. The van der Waals surface area contributed by atoms with Crippen molar-refractivity contribution in [2.24, 2.45) is 11.7 Å². The van der Waals surface area contributed by atoms with Crippen LogP contribution in [0.3, 0.4) is 0 Å². The number of Topliss-reactive ketones (excluding diaryl/α,β-unsaturated/α-hetero) is 1. The second kappa shape index (κ2) is 11.1. The molecule has 2 rings (SSSR count). The van der Waals surface area contributed by atoms with Gasteiger partial charge < -0.3 is 11.1 Å². The van der Waals surface area contributed by atoms with E-state index < -0.39 is 22.6 Å². The molecule has 7 nitrogen and oxygen atoms in total. The number of carbonyl (C=O) groups is 2. The fourth-order valence-corrected chi connectivity index (χ4v) is 5.39. The first-order valence-electron chi connectivity index (χ1n) is 10.3. The number of primary amides is 1. The van der Waals surface area contributed by atoms with Gasteiger partial charge in [0.2, 0.25) is 5.91 Å². The van der Waals surface area contributed by atoms with Crippen LogP contribution in [0.15, 0.2) is 30.3 Å². The van der Waals surface area contributed by atoms with Crippen LogP contribution in [0.25, 0.3) is 0 Å². The highest BCUT2D eigenvalue weighted by atomic mass is 32.3. The van der Waals surface area contributed by atoms with Crippen LogP contribution in [0, 0.1) is 5.92 Å². The number of hydrogen-bond donors (Lipinski definition) is 5. The van der Waals surface area contributed by atoms with Crippen molar-refractivity contribution in [3.8, 4) is 0 Å². The molecule has 1 atom stereocenters. The molecule has 0 bridgehead atoms. The Balaban J connectivity index is 1.81. The average Bonchev–Trinajstić information content (AvgIpc) is 2.67. The molecule has 8 heteroatoms. The minimum Gasteiger partial charge on any atom is -0.369 e. The first kappa shape index (κ1) is 23.8. The summed E-state index contributed by atoms with van der Waals surface area (Å²) in [6, 6.07) is 10.2. The van der Waals surface area contributed by atoms with Crippen LogP contribution in [0.5, 0.6) is 0 Å². The number of hydrogen-bond acceptors (Lipinski definition) is 6. The summed E-state index contributed by atoms with van der Waals surface area (Å²) in [4.78, 5) is 24.1. The molecule has 0 aliphatic heterocycles. The molecule has 0 spiro atoms. The molecule has 1 aliphatic rings. The molecule has 6 N–H and O–H groups in total. The lowest BCUT2D eigenvalue weighted by atomic mass is 9.94. The Kier molecular flexibility index (Phi) is 9.10. The second-order valence-corrected chi connectivity index (χ2v) is 10.4. The molecule has 1 aromatic carbocycles. The number of benzene rings is 1. The van der Waals surface area contributed by atoms with Crippen molar-refractivity contribution >= 4 is 22.5 Å². The van der Waals surface area contributed by atoms with Gasteiger partial charge in [0.25, 0.3) is 0 Å². The summed E-state index contributed by atoms with van der Waals surface area (Å²) >= 11 is 0. The van der Waals surface area contributed by atoms with Crippen molar-refractivity contribution in [1.82, 2.24) is 10.0 Å². The maximum absolute atomic E-state index is 12.4. The smallest absolute Gasteiger partial charge is 0.221 e. The van der Waals surface area contributed by atoms with Gasteiger partial charge in [-0.15, -0.1) is 10.8 Å². The van der Waals surface area contributed by atoms with Gasteiger partial charge in [-0.3, -0.25) is 18.7 Å². The molecule has 0 heterocycles. The zero-order valence-corrected chi connectivity index (χ0v) is 18.2. The third-order valence-corrected chi connectivity index (χ3v) is 7.36. The van der Waals surface area contributed by atoms with E-state index in [1.165, 1.54) is 0 Å². The summed E-state index contributed by atoms with van der Waals surface area (Å²) in [5.41, 5.74) is 6.41. The van der Waals surface area contributed by atoms with Crippen molar-refractivity contribution in [2.45, 2.75) is 69.7 Å². The van der Waals surface area contributed by atoms with E-state index in [0.29, 0.717) is 31.3 Å². The molecule has 1 unspecified atom stereocenters. The van der Waals surface area contributed by atoms with Crippen LogP contribution in [0.2, 0.25) is 0 Å². The molecule has 0 aromatic heterocycles. The predicted molar refractivity (Wildman–Crippen MR) is 118 cm³/mol. The third-order valence-electron chi connectivity index (χ3n) is 5.39. The van der Waals surface area contributed by atoms with Crippen molar-refractivity contribution in [3.63, 3.8) is 0 Å². The number of rotatable bonds is 11. The van der Waals surface area contributed by atoms with E-state index in [1.807, 2.05) is 30.3 Å². The first-order valence-corrected chi connectivity index (χ1v) is 11.9. The van der Waals surface area contributed by atoms with Crippen LogP contribution in [0.4, 0.5) is 0 Å². The van der Waals surface area contributed by atoms with E-state index in [0.717, 1.165) is 18.4 Å². The van der Waals surface area contributed by atoms with Crippen LogP contribution in [0.1, 0.15) is 51.5 Å². The Labute approximate surface area is 175 Å². The zero-order chi connectivity index (χ0) is 21.4. The normalized spacial score (nSPS) is 21.7. The van der Waals surface area contributed by atoms with Crippen LogP contribution in [-0.4, -0.2) is 44.7 Å². The van der Waals surface area contributed by atoms with E-state index in [4.69, 9.17) is 5.73 Å². The Morgan fingerprint density at radius 3 is 2.31 bits per heavy atom. The monoisotopic (exact) mass is 425 g/mol. The molecule has 1 aliphatic carbocycles. The Morgan fingerprint density at radius 1 is 1.14 bits per heavy atom. The fourth-order valence-electron chi connectivity index (χ4n) is 3.85. The second-order valence-electron chi connectivity index (χ2n) is 8.24. The zero-order valence-electron chi connectivity index (χ0n) is 17.3. The predicted octanol–water partition coefficient (Wildman–Crippen LogP) is 2.85. The summed E-state index contributed by atoms with van der Waals surface area (Å²) in [6.07, 6.45) is 3.55. The molecule has 29 heavy (non-hydrogen) atoms. The number of ketones is 1. The summed E-state index contributed by atoms with van der Waals surface area (Å²) < 4.78 is 23.7. The summed E-state index contributed by atoms with van der Waals surface area (Å²) in [6.45, 7) is 4.03. The van der Waals surface area contributed by atoms with Gasteiger partial charge >= 0.3 is 0 Å². The van der Waals surface area contributed by atoms with Gasteiger partial charge in [-0.2, -0.15) is 0 Å². The van der Waals surface area contributed by atoms with Crippen molar-refractivity contribution in [2.75, 3.05) is 6.54 Å². The Hall–Kier alpha value is -1.45. The fraction of sp³-hybridized carbons (Fsp3) is 0.619. The average molecular weight is 426 g/mol. The maximum atomic E-state index is 12.4. The van der Waals surface area contributed by atoms with E-state index in [-0.39, 0.29) is 24.0 Å². The minimum absolute atomic E-state index is 0.0161. The van der Waals surface area contributed by atoms with Crippen molar-refractivity contribution < 1.29 is 18.7 Å². The molecular weight excluding hydrogens is 390 g/mol. The van der Waals surface area contributed by atoms with E-state index in [1.54, 1.807) is 0 Å². The van der Waals surface area contributed by atoms with Crippen LogP contribution < -0.4 is 15.8 Å². The highest BCUT2D eigenvalue weighted by Gasteiger charge is 2.31. The van der Waals surface area contributed by atoms with Gasteiger partial charge in [0.1, 0.15) is 5.78 Å². The summed E-state index contributed by atoms with van der Waals surface area (Å²) in [5, 5.41) is 3.23. The number of carbonyl (C=O) groups excluding carboxylic acids is 2. The quantitative estimate of drug-likeness (QED) is 0.371.